The highest BCUT2D eigenvalue weighted by Gasteiger charge is 2.27. The SMILES string of the molecule is CC(C(=O)Nc1ccccc1)N1CCOC(CN)C1.Cl. The lowest BCUT2D eigenvalue weighted by molar-refractivity contribution is -0.123. The molecular formula is C14H22ClN3O2. The molecule has 20 heavy (non-hydrogen) atoms. The summed E-state index contributed by atoms with van der Waals surface area (Å²) in [6.45, 7) is 4.51. The Morgan fingerprint density at radius 2 is 2.20 bits per heavy atom. The molecule has 5 nitrogen and oxygen atoms in total. The molecule has 112 valence electrons. The van der Waals surface area contributed by atoms with Gasteiger partial charge in [-0.3, -0.25) is 9.69 Å². The van der Waals surface area contributed by atoms with E-state index in [1.165, 1.54) is 0 Å². The molecule has 2 rings (SSSR count). The minimum atomic E-state index is -0.182. The van der Waals surface area contributed by atoms with Crippen LogP contribution in [0.25, 0.3) is 0 Å². The van der Waals surface area contributed by atoms with Crippen LogP contribution in [0.15, 0.2) is 30.3 Å². The number of rotatable bonds is 4. The fraction of sp³-hybridized carbons (Fsp3) is 0.500. The Hall–Kier alpha value is -1.14. The lowest BCUT2D eigenvalue weighted by Crippen LogP contribution is -2.52. The fourth-order valence-corrected chi connectivity index (χ4v) is 2.17. The van der Waals surface area contributed by atoms with Crippen LogP contribution in [0.3, 0.4) is 0 Å². The number of nitrogens with one attached hydrogen (secondary N) is 1. The zero-order chi connectivity index (χ0) is 13.7. The number of para-hydroxylation sites is 1. The molecule has 0 aromatic heterocycles. The van der Waals surface area contributed by atoms with E-state index in [1.807, 2.05) is 37.3 Å². The van der Waals surface area contributed by atoms with Gasteiger partial charge >= 0.3 is 0 Å². The molecule has 0 saturated carbocycles. The summed E-state index contributed by atoms with van der Waals surface area (Å²) in [5, 5.41) is 2.92. The number of hydrogen-bond acceptors (Lipinski definition) is 4. The van der Waals surface area contributed by atoms with Gasteiger partial charge in [0.2, 0.25) is 5.91 Å². The number of morpholine rings is 1. The normalized spacial score (nSPS) is 20.8. The average Bonchev–Trinajstić information content (AvgIpc) is 2.47. The van der Waals surface area contributed by atoms with Gasteiger partial charge in [0.15, 0.2) is 0 Å². The van der Waals surface area contributed by atoms with E-state index in [1.54, 1.807) is 0 Å². The molecule has 1 aliphatic heterocycles. The Kier molecular flexibility index (Phi) is 6.95. The van der Waals surface area contributed by atoms with E-state index in [-0.39, 0.29) is 30.5 Å². The number of ether oxygens (including phenoxy) is 1. The highest BCUT2D eigenvalue weighted by molar-refractivity contribution is 5.94. The summed E-state index contributed by atoms with van der Waals surface area (Å²) >= 11 is 0. The number of nitrogens with zero attached hydrogens (tertiary/aromatic N) is 1. The second-order valence-corrected chi connectivity index (χ2v) is 4.75. The number of halogens is 1. The first-order valence-electron chi connectivity index (χ1n) is 6.62. The average molecular weight is 300 g/mol. The Labute approximate surface area is 125 Å². The van der Waals surface area contributed by atoms with E-state index in [0.717, 1.165) is 12.2 Å². The molecule has 1 aromatic rings. The van der Waals surface area contributed by atoms with E-state index in [0.29, 0.717) is 19.7 Å². The zero-order valence-corrected chi connectivity index (χ0v) is 12.4. The van der Waals surface area contributed by atoms with Crippen molar-refractivity contribution in [2.24, 2.45) is 5.73 Å². The van der Waals surface area contributed by atoms with Crippen LogP contribution in [0, 0.1) is 0 Å². The van der Waals surface area contributed by atoms with E-state index >= 15 is 0 Å². The van der Waals surface area contributed by atoms with Crippen molar-refractivity contribution in [2.75, 3.05) is 31.6 Å². The molecule has 0 bridgehead atoms. The molecule has 3 N–H and O–H groups in total. The standard InChI is InChI=1S/C14H21N3O2.ClH/c1-11(17-7-8-19-13(9-15)10-17)14(18)16-12-5-3-2-4-6-12;/h2-6,11,13H,7-10,15H2,1H3,(H,16,18);1H. The summed E-state index contributed by atoms with van der Waals surface area (Å²) in [7, 11) is 0. The van der Waals surface area contributed by atoms with Crippen molar-refractivity contribution in [3.05, 3.63) is 30.3 Å². The third-order valence-corrected chi connectivity index (χ3v) is 3.40. The van der Waals surface area contributed by atoms with Crippen LogP contribution in [0.5, 0.6) is 0 Å². The number of amides is 1. The van der Waals surface area contributed by atoms with Crippen molar-refractivity contribution in [3.8, 4) is 0 Å². The Morgan fingerprint density at radius 3 is 2.85 bits per heavy atom. The Bertz CT molecular complexity index is 416. The van der Waals surface area contributed by atoms with Gasteiger partial charge in [-0.2, -0.15) is 0 Å². The van der Waals surface area contributed by atoms with E-state index in [2.05, 4.69) is 10.2 Å². The largest absolute Gasteiger partial charge is 0.374 e. The topological polar surface area (TPSA) is 67.6 Å². The first-order valence-corrected chi connectivity index (χ1v) is 6.62. The summed E-state index contributed by atoms with van der Waals surface area (Å²) in [5.74, 6) is 0.00358. The summed E-state index contributed by atoms with van der Waals surface area (Å²) in [6.07, 6.45) is 0.0284. The maximum atomic E-state index is 12.2. The van der Waals surface area contributed by atoms with Gasteiger partial charge in [0.1, 0.15) is 0 Å². The lowest BCUT2D eigenvalue weighted by atomic mass is 10.2. The number of hydrogen-bond donors (Lipinski definition) is 2. The zero-order valence-electron chi connectivity index (χ0n) is 11.6. The fourth-order valence-electron chi connectivity index (χ4n) is 2.17. The van der Waals surface area contributed by atoms with Gasteiger partial charge in [-0.05, 0) is 19.1 Å². The minimum absolute atomic E-state index is 0. The molecule has 0 aliphatic carbocycles. The number of carbonyl (C=O) groups excluding carboxylic acids is 1. The van der Waals surface area contributed by atoms with Gasteiger partial charge < -0.3 is 15.8 Å². The molecule has 1 saturated heterocycles. The summed E-state index contributed by atoms with van der Waals surface area (Å²) in [6, 6.07) is 9.31. The number of anilines is 1. The van der Waals surface area contributed by atoms with E-state index < -0.39 is 0 Å². The Morgan fingerprint density at radius 1 is 1.50 bits per heavy atom. The van der Waals surface area contributed by atoms with Crippen LogP contribution >= 0.6 is 12.4 Å². The molecule has 1 aliphatic rings. The molecule has 2 atom stereocenters. The quantitative estimate of drug-likeness (QED) is 0.873. The van der Waals surface area contributed by atoms with Crippen LogP contribution in [0.4, 0.5) is 5.69 Å². The van der Waals surface area contributed by atoms with Crippen LogP contribution in [0.1, 0.15) is 6.92 Å². The molecule has 1 heterocycles. The van der Waals surface area contributed by atoms with Gasteiger partial charge in [-0.15, -0.1) is 12.4 Å². The maximum absolute atomic E-state index is 12.2. The molecule has 1 aromatic carbocycles. The van der Waals surface area contributed by atoms with Crippen molar-refractivity contribution in [2.45, 2.75) is 19.1 Å². The van der Waals surface area contributed by atoms with Crippen molar-refractivity contribution in [1.82, 2.24) is 4.90 Å². The highest BCUT2D eigenvalue weighted by Crippen LogP contribution is 2.11. The van der Waals surface area contributed by atoms with Crippen LogP contribution < -0.4 is 11.1 Å². The van der Waals surface area contributed by atoms with Gasteiger partial charge in [0.25, 0.3) is 0 Å². The predicted molar refractivity (Wildman–Crippen MR) is 82.1 cm³/mol. The monoisotopic (exact) mass is 299 g/mol. The molecule has 1 amide bonds. The van der Waals surface area contributed by atoms with Gasteiger partial charge in [-0.25, -0.2) is 0 Å². The summed E-state index contributed by atoms with van der Waals surface area (Å²) < 4.78 is 5.51. The predicted octanol–water partition coefficient (Wildman–Crippen LogP) is 1.09. The lowest BCUT2D eigenvalue weighted by Gasteiger charge is -2.35. The first kappa shape index (κ1) is 16.9. The van der Waals surface area contributed by atoms with Crippen LogP contribution in [-0.4, -0.2) is 49.2 Å². The van der Waals surface area contributed by atoms with Crippen molar-refractivity contribution in [3.63, 3.8) is 0 Å². The molecule has 0 spiro atoms. The van der Waals surface area contributed by atoms with Gasteiger partial charge in [0.05, 0.1) is 18.8 Å². The van der Waals surface area contributed by atoms with Crippen molar-refractivity contribution >= 4 is 24.0 Å². The minimum Gasteiger partial charge on any atom is -0.374 e. The van der Waals surface area contributed by atoms with Gasteiger partial charge in [0, 0.05) is 25.3 Å². The number of carbonyl (C=O) groups is 1. The molecule has 6 heteroatoms. The third kappa shape index (κ3) is 4.45. The molecule has 0 radical (unpaired) electrons. The van der Waals surface area contributed by atoms with E-state index in [4.69, 9.17) is 10.5 Å². The maximum Gasteiger partial charge on any atom is 0.241 e. The molecule has 1 fully saturated rings. The Balaban J connectivity index is 0.00000200. The van der Waals surface area contributed by atoms with Crippen LogP contribution in [-0.2, 0) is 9.53 Å². The van der Waals surface area contributed by atoms with E-state index in [9.17, 15) is 4.79 Å². The highest BCUT2D eigenvalue weighted by atomic mass is 35.5. The number of benzene rings is 1. The van der Waals surface area contributed by atoms with Crippen molar-refractivity contribution in [1.29, 1.82) is 0 Å². The summed E-state index contributed by atoms with van der Waals surface area (Å²) in [5.41, 5.74) is 6.44. The third-order valence-electron chi connectivity index (χ3n) is 3.40. The smallest absolute Gasteiger partial charge is 0.241 e. The summed E-state index contributed by atoms with van der Waals surface area (Å²) in [4.78, 5) is 14.3. The second kappa shape index (κ2) is 8.21. The van der Waals surface area contributed by atoms with Crippen molar-refractivity contribution < 1.29 is 9.53 Å². The molecular weight excluding hydrogens is 278 g/mol. The first-order chi connectivity index (χ1) is 9.20. The van der Waals surface area contributed by atoms with Crippen LogP contribution in [0.2, 0.25) is 0 Å². The number of nitrogens with two attached hydrogens (primary N) is 1. The second-order valence-electron chi connectivity index (χ2n) is 4.75. The van der Waals surface area contributed by atoms with Gasteiger partial charge in [-0.1, -0.05) is 18.2 Å². The molecule has 2 unspecified atom stereocenters.